The number of rotatable bonds is 5. The maximum Gasteiger partial charge on any atom is 0.405 e. The van der Waals surface area contributed by atoms with Crippen molar-refractivity contribution >= 4 is 17.5 Å². The van der Waals surface area contributed by atoms with E-state index in [1.54, 1.807) is 23.0 Å². The molecule has 2 amide bonds. The maximum absolute atomic E-state index is 12.9. The Kier molecular flexibility index (Phi) is 6.12. The second kappa shape index (κ2) is 8.38. The number of nitrogens with one attached hydrogen (secondary N) is 1. The van der Waals surface area contributed by atoms with Crippen LogP contribution < -0.4 is 15.0 Å². The van der Waals surface area contributed by atoms with Gasteiger partial charge in [0.1, 0.15) is 12.3 Å². The largest absolute Gasteiger partial charge is 0.497 e. The standard InChI is InChI=1S/C19H24F3N3O3/c1-28-14-6-7-15-13(10-14)4-2-9-25(15)17(26)11-24-8-3-5-16(24)18(27)23-12-19(20,21)22/h6-7,10,16H,2-5,8-9,11-12H2,1H3,(H,23,27). The zero-order valence-electron chi connectivity index (χ0n) is 15.7. The van der Waals surface area contributed by atoms with Gasteiger partial charge in [-0.05, 0) is 56.0 Å². The summed E-state index contributed by atoms with van der Waals surface area (Å²) in [5.41, 5.74) is 1.86. The van der Waals surface area contributed by atoms with Gasteiger partial charge in [0.2, 0.25) is 11.8 Å². The number of hydrogen-bond acceptors (Lipinski definition) is 4. The van der Waals surface area contributed by atoms with E-state index in [9.17, 15) is 22.8 Å². The first-order valence-corrected chi connectivity index (χ1v) is 9.34. The third-order valence-electron chi connectivity index (χ3n) is 5.17. The van der Waals surface area contributed by atoms with Gasteiger partial charge in [-0.1, -0.05) is 0 Å². The number of hydrogen-bond donors (Lipinski definition) is 1. The number of amides is 2. The van der Waals surface area contributed by atoms with Crippen molar-refractivity contribution in [2.24, 2.45) is 0 Å². The van der Waals surface area contributed by atoms with Gasteiger partial charge in [-0.2, -0.15) is 13.2 Å². The molecule has 0 bridgehead atoms. The zero-order chi connectivity index (χ0) is 20.3. The number of likely N-dealkylation sites (tertiary alicyclic amines) is 1. The molecular weight excluding hydrogens is 375 g/mol. The third-order valence-corrected chi connectivity index (χ3v) is 5.17. The van der Waals surface area contributed by atoms with Crippen LogP contribution in [-0.4, -0.2) is 62.2 Å². The number of fused-ring (bicyclic) bond motifs is 1. The van der Waals surface area contributed by atoms with Crippen molar-refractivity contribution in [1.82, 2.24) is 10.2 Å². The van der Waals surface area contributed by atoms with Gasteiger partial charge in [0.15, 0.2) is 0 Å². The zero-order valence-corrected chi connectivity index (χ0v) is 15.7. The van der Waals surface area contributed by atoms with Crippen LogP contribution in [0.4, 0.5) is 18.9 Å². The normalized spacial score (nSPS) is 20.0. The van der Waals surface area contributed by atoms with E-state index in [0.29, 0.717) is 25.9 Å². The number of alkyl halides is 3. The Balaban J connectivity index is 1.65. The maximum atomic E-state index is 12.9. The first-order valence-electron chi connectivity index (χ1n) is 9.34. The summed E-state index contributed by atoms with van der Waals surface area (Å²) in [6.07, 6.45) is -1.66. The lowest BCUT2D eigenvalue weighted by molar-refractivity contribution is -0.141. The van der Waals surface area contributed by atoms with Crippen LogP contribution in [-0.2, 0) is 16.0 Å². The number of ether oxygens (including phenoxy) is 1. The Morgan fingerprint density at radius 1 is 1.25 bits per heavy atom. The fourth-order valence-corrected chi connectivity index (χ4v) is 3.84. The van der Waals surface area contributed by atoms with E-state index in [0.717, 1.165) is 29.8 Å². The molecule has 1 fully saturated rings. The minimum Gasteiger partial charge on any atom is -0.497 e. The lowest BCUT2D eigenvalue weighted by atomic mass is 10.0. The predicted octanol–water partition coefficient (Wildman–Crippen LogP) is 2.12. The van der Waals surface area contributed by atoms with Gasteiger partial charge in [-0.25, -0.2) is 0 Å². The highest BCUT2D eigenvalue weighted by Gasteiger charge is 2.36. The van der Waals surface area contributed by atoms with Gasteiger partial charge < -0.3 is 15.0 Å². The van der Waals surface area contributed by atoms with E-state index in [2.05, 4.69) is 0 Å². The number of halogens is 3. The van der Waals surface area contributed by atoms with Crippen molar-refractivity contribution in [2.45, 2.75) is 37.9 Å². The molecule has 1 unspecified atom stereocenters. The number of benzene rings is 1. The Bertz CT molecular complexity index is 739. The number of carbonyl (C=O) groups excluding carboxylic acids is 2. The molecule has 1 aromatic carbocycles. The van der Waals surface area contributed by atoms with Crippen LogP contribution in [0, 0.1) is 0 Å². The Hall–Kier alpha value is -2.29. The van der Waals surface area contributed by atoms with Gasteiger partial charge in [-0.15, -0.1) is 0 Å². The lowest BCUT2D eigenvalue weighted by Crippen LogP contribution is -2.50. The van der Waals surface area contributed by atoms with Crippen LogP contribution >= 0.6 is 0 Å². The molecule has 0 radical (unpaired) electrons. The molecule has 0 saturated carbocycles. The van der Waals surface area contributed by atoms with Gasteiger partial charge in [0, 0.05) is 12.2 Å². The summed E-state index contributed by atoms with van der Waals surface area (Å²) in [5.74, 6) is -0.0953. The second-order valence-corrected chi connectivity index (χ2v) is 7.11. The third kappa shape index (κ3) is 4.76. The second-order valence-electron chi connectivity index (χ2n) is 7.11. The fourth-order valence-electron chi connectivity index (χ4n) is 3.84. The van der Waals surface area contributed by atoms with Crippen molar-refractivity contribution in [3.8, 4) is 5.75 Å². The van der Waals surface area contributed by atoms with Crippen LogP contribution in [0.3, 0.4) is 0 Å². The summed E-state index contributed by atoms with van der Waals surface area (Å²) in [6.45, 7) is -0.253. The highest BCUT2D eigenvalue weighted by molar-refractivity contribution is 5.96. The Morgan fingerprint density at radius 2 is 2.04 bits per heavy atom. The highest BCUT2D eigenvalue weighted by atomic mass is 19.4. The van der Waals surface area contributed by atoms with Crippen molar-refractivity contribution in [2.75, 3.05) is 38.2 Å². The van der Waals surface area contributed by atoms with Crippen LogP contribution in [0.25, 0.3) is 0 Å². The van der Waals surface area contributed by atoms with Crippen molar-refractivity contribution in [3.63, 3.8) is 0 Å². The summed E-state index contributed by atoms with van der Waals surface area (Å²) in [5, 5.41) is 1.93. The first-order chi connectivity index (χ1) is 13.3. The van der Waals surface area contributed by atoms with Gasteiger partial charge in [-0.3, -0.25) is 14.5 Å². The number of methoxy groups -OCH3 is 1. The van der Waals surface area contributed by atoms with Crippen LogP contribution in [0.15, 0.2) is 18.2 Å². The number of nitrogens with zero attached hydrogens (tertiary/aromatic N) is 2. The summed E-state index contributed by atoms with van der Waals surface area (Å²) in [4.78, 5) is 28.4. The smallest absolute Gasteiger partial charge is 0.405 e. The summed E-state index contributed by atoms with van der Waals surface area (Å²) >= 11 is 0. The SMILES string of the molecule is COc1ccc2c(c1)CCCN2C(=O)CN1CCCC1C(=O)NCC(F)(F)F. The molecule has 1 atom stereocenters. The first kappa shape index (κ1) is 20.4. The summed E-state index contributed by atoms with van der Waals surface area (Å²) in [6, 6.07) is 4.86. The number of anilines is 1. The molecule has 2 aliphatic heterocycles. The molecular formula is C19H24F3N3O3. The molecule has 3 rings (SSSR count). The van der Waals surface area contributed by atoms with Crippen LogP contribution in [0.5, 0.6) is 5.75 Å². The molecule has 0 aromatic heterocycles. The van der Waals surface area contributed by atoms with Gasteiger partial charge in [0.05, 0.1) is 19.7 Å². The Morgan fingerprint density at radius 3 is 2.75 bits per heavy atom. The molecule has 1 N–H and O–H groups in total. The molecule has 1 aromatic rings. The lowest BCUT2D eigenvalue weighted by Gasteiger charge is -2.32. The molecule has 9 heteroatoms. The molecule has 154 valence electrons. The van der Waals surface area contributed by atoms with E-state index < -0.39 is 24.7 Å². The molecule has 0 aliphatic carbocycles. The molecule has 28 heavy (non-hydrogen) atoms. The van der Waals surface area contributed by atoms with Crippen molar-refractivity contribution in [1.29, 1.82) is 0 Å². The number of aryl methyl sites for hydroxylation is 1. The minimum atomic E-state index is -4.45. The summed E-state index contributed by atoms with van der Waals surface area (Å²) in [7, 11) is 1.59. The fraction of sp³-hybridized carbons (Fsp3) is 0.579. The molecule has 0 spiro atoms. The molecule has 6 nitrogen and oxygen atoms in total. The average Bonchev–Trinajstić information content (AvgIpc) is 3.12. The van der Waals surface area contributed by atoms with Crippen molar-refractivity contribution < 1.29 is 27.5 Å². The van der Waals surface area contributed by atoms with E-state index in [1.807, 2.05) is 17.4 Å². The monoisotopic (exact) mass is 399 g/mol. The highest BCUT2D eigenvalue weighted by Crippen LogP contribution is 2.31. The van der Waals surface area contributed by atoms with Gasteiger partial charge in [0.25, 0.3) is 0 Å². The predicted molar refractivity (Wildman–Crippen MR) is 97.3 cm³/mol. The molecule has 2 heterocycles. The molecule has 1 saturated heterocycles. The summed E-state index contributed by atoms with van der Waals surface area (Å²) < 4.78 is 42.3. The van der Waals surface area contributed by atoms with Crippen LogP contribution in [0.1, 0.15) is 24.8 Å². The minimum absolute atomic E-state index is 0.00950. The van der Waals surface area contributed by atoms with E-state index in [1.165, 1.54) is 0 Å². The average molecular weight is 399 g/mol. The van der Waals surface area contributed by atoms with E-state index in [4.69, 9.17) is 4.74 Å². The topological polar surface area (TPSA) is 61.9 Å². The Labute approximate surface area is 161 Å². The number of carbonyl (C=O) groups is 2. The van der Waals surface area contributed by atoms with E-state index in [-0.39, 0.29) is 12.5 Å². The van der Waals surface area contributed by atoms with E-state index >= 15 is 0 Å². The van der Waals surface area contributed by atoms with Crippen molar-refractivity contribution in [3.05, 3.63) is 23.8 Å². The molecule has 2 aliphatic rings. The van der Waals surface area contributed by atoms with Crippen LogP contribution in [0.2, 0.25) is 0 Å². The van der Waals surface area contributed by atoms with Gasteiger partial charge >= 0.3 is 6.18 Å². The quantitative estimate of drug-likeness (QED) is 0.824.